The molecule has 17 heavy (non-hydrogen) atoms. The largest absolute Gasteiger partial charge is 0.358 e. The lowest BCUT2D eigenvalue weighted by Gasteiger charge is -2.07. The Morgan fingerprint density at radius 3 is 2.82 bits per heavy atom. The van der Waals surface area contributed by atoms with Gasteiger partial charge in [0, 0.05) is 12.1 Å². The van der Waals surface area contributed by atoms with Crippen molar-refractivity contribution in [3.05, 3.63) is 48.0 Å². The average Bonchev–Trinajstić information content (AvgIpc) is 2.34. The minimum absolute atomic E-state index is 0.498. The Bertz CT molecular complexity index is 438. The van der Waals surface area contributed by atoms with Crippen molar-refractivity contribution in [3.63, 3.8) is 0 Å². The number of hydrazone groups is 1. The Hall–Kier alpha value is -1.68. The maximum atomic E-state index is 5.04. The van der Waals surface area contributed by atoms with Crippen LogP contribution in [0.15, 0.2) is 42.0 Å². The molecule has 1 rings (SSSR count). The predicted octanol–water partition coefficient (Wildman–Crippen LogP) is 2.37. The van der Waals surface area contributed by atoms with Crippen LogP contribution in [0.3, 0.4) is 0 Å². The summed E-state index contributed by atoms with van der Waals surface area (Å²) < 4.78 is 0. The van der Waals surface area contributed by atoms with Gasteiger partial charge in [-0.05, 0) is 31.6 Å². The number of rotatable bonds is 4. The monoisotopic (exact) mass is 247 g/mol. The maximum absolute atomic E-state index is 5.04. The van der Waals surface area contributed by atoms with Crippen molar-refractivity contribution in [1.29, 1.82) is 0 Å². The Morgan fingerprint density at radius 2 is 2.18 bits per heavy atom. The lowest BCUT2D eigenvalue weighted by molar-refractivity contribution is 0.936. The quantitative estimate of drug-likeness (QED) is 0.371. The highest BCUT2D eigenvalue weighted by molar-refractivity contribution is 7.80. The van der Waals surface area contributed by atoms with Gasteiger partial charge in [-0.1, -0.05) is 30.3 Å². The molecular formula is C13H17N3S. The molecule has 0 unspecified atom stereocenters. The molecule has 0 radical (unpaired) electrons. The van der Waals surface area contributed by atoms with Gasteiger partial charge < -0.3 is 5.32 Å². The molecule has 0 aromatic heterocycles. The topological polar surface area (TPSA) is 36.4 Å². The van der Waals surface area contributed by atoms with Crippen LogP contribution in [-0.2, 0) is 0 Å². The highest BCUT2D eigenvalue weighted by Crippen LogP contribution is 2.07. The molecule has 0 saturated heterocycles. The van der Waals surface area contributed by atoms with E-state index in [4.69, 9.17) is 12.2 Å². The third-order valence-electron chi connectivity index (χ3n) is 2.27. The molecule has 0 amide bonds. The molecule has 0 bridgehead atoms. The van der Waals surface area contributed by atoms with Crippen LogP contribution in [0.5, 0.6) is 0 Å². The SMILES string of the molecule is C=CCNC(=S)NN=C(C)c1ccccc1C. The Morgan fingerprint density at radius 1 is 1.47 bits per heavy atom. The Labute approximate surface area is 108 Å². The molecule has 0 atom stereocenters. The summed E-state index contributed by atoms with van der Waals surface area (Å²) in [5.41, 5.74) is 6.02. The molecule has 0 fully saturated rings. The van der Waals surface area contributed by atoms with Crippen LogP contribution in [0, 0.1) is 6.92 Å². The summed E-state index contributed by atoms with van der Waals surface area (Å²) in [4.78, 5) is 0. The number of nitrogens with zero attached hydrogens (tertiary/aromatic N) is 1. The van der Waals surface area contributed by atoms with Crippen molar-refractivity contribution in [2.24, 2.45) is 5.10 Å². The molecule has 90 valence electrons. The lowest BCUT2D eigenvalue weighted by Crippen LogP contribution is -2.32. The smallest absolute Gasteiger partial charge is 0.187 e. The van der Waals surface area contributed by atoms with Gasteiger partial charge in [-0.2, -0.15) is 5.10 Å². The maximum Gasteiger partial charge on any atom is 0.187 e. The van der Waals surface area contributed by atoms with E-state index in [0.717, 1.165) is 11.3 Å². The first-order valence-corrected chi connectivity index (χ1v) is 5.81. The fourth-order valence-electron chi connectivity index (χ4n) is 1.38. The first-order valence-electron chi connectivity index (χ1n) is 5.40. The number of hydrogen-bond donors (Lipinski definition) is 2. The molecular weight excluding hydrogens is 230 g/mol. The van der Waals surface area contributed by atoms with E-state index in [1.54, 1.807) is 6.08 Å². The van der Waals surface area contributed by atoms with E-state index in [1.807, 2.05) is 25.1 Å². The number of thiocarbonyl (C=S) groups is 1. The second-order valence-corrected chi connectivity index (χ2v) is 4.03. The zero-order chi connectivity index (χ0) is 12.7. The minimum atomic E-state index is 0.498. The van der Waals surface area contributed by atoms with E-state index in [9.17, 15) is 0 Å². The van der Waals surface area contributed by atoms with Crippen molar-refractivity contribution >= 4 is 23.0 Å². The van der Waals surface area contributed by atoms with Gasteiger partial charge in [0.2, 0.25) is 0 Å². The van der Waals surface area contributed by atoms with Gasteiger partial charge >= 0.3 is 0 Å². The van der Waals surface area contributed by atoms with Crippen molar-refractivity contribution in [2.45, 2.75) is 13.8 Å². The lowest BCUT2D eigenvalue weighted by atomic mass is 10.1. The summed E-state index contributed by atoms with van der Waals surface area (Å²) in [6, 6.07) is 8.10. The molecule has 0 heterocycles. The van der Waals surface area contributed by atoms with E-state index in [2.05, 4.69) is 35.4 Å². The van der Waals surface area contributed by atoms with Crippen molar-refractivity contribution in [1.82, 2.24) is 10.7 Å². The van der Waals surface area contributed by atoms with Crippen LogP contribution in [0.4, 0.5) is 0 Å². The molecule has 0 saturated carbocycles. The number of hydrogen-bond acceptors (Lipinski definition) is 2. The highest BCUT2D eigenvalue weighted by Gasteiger charge is 2.00. The number of nitrogens with one attached hydrogen (secondary N) is 2. The Kier molecular flexibility index (Phi) is 5.36. The van der Waals surface area contributed by atoms with E-state index < -0.39 is 0 Å². The van der Waals surface area contributed by atoms with Crippen LogP contribution in [0.1, 0.15) is 18.1 Å². The first-order chi connectivity index (χ1) is 8.15. The van der Waals surface area contributed by atoms with Crippen LogP contribution >= 0.6 is 12.2 Å². The summed E-state index contributed by atoms with van der Waals surface area (Å²) >= 11 is 5.04. The Balaban J connectivity index is 2.64. The van der Waals surface area contributed by atoms with E-state index in [1.165, 1.54) is 5.56 Å². The molecule has 0 aliphatic rings. The molecule has 2 N–H and O–H groups in total. The van der Waals surface area contributed by atoms with Crippen molar-refractivity contribution in [2.75, 3.05) is 6.54 Å². The zero-order valence-corrected chi connectivity index (χ0v) is 11.0. The molecule has 0 spiro atoms. The van der Waals surface area contributed by atoms with E-state index in [-0.39, 0.29) is 0 Å². The summed E-state index contributed by atoms with van der Waals surface area (Å²) in [6.07, 6.45) is 1.74. The zero-order valence-electron chi connectivity index (χ0n) is 10.2. The second-order valence-electron chi connectivity index (χ2n) is 3.62. The van der Waals surface area contributed by atoms with Gasteiger partial charge in [0.25, 0.3) is 0 Å². The number of benzene rings is 1. The third kappa shape index (κ3) is 4.36. The van der Waals surface area contributed by atoms with E-state index >= 15 is 0 Å². The molecule has 0 aliphatic carbocycles. The molecule has 1 aromatic rings. The normalized spacial score (nSPS) is 10.8. The second kappa shape index (κ2) is 6.81. The molecule has 1 aromatic carbocycles. The summed E-state index contributed by atoms with van der Waals surface area (Å²) in [6.45, 7) is 8.24. The minimum Gasteiger partial charge on any atom is -0.358 e. The van der Waals surface area contributed by atoms with Gasteiger partial charge in [-0.3, -0.25) is 5.43 Å². The first kappa shape index (κ1) is 13.4. The molecule has 3 nitrogen and oxygen atoms in total. The van der Waals surface area contributed by atoms with Gasteiger partial charge in [0.15, 0.2) is 5.11 Å². The van der Waals surface area contributed by atoms with Gasteiger partial charge in [-0.25, -0.2) is 0 Å². The third-order valence-corrected chi connectivity index (χ3v) is 2.50. The average molecular weight is 247 g/mol. The summed E-state index contributed by atoms with van der Waals surface area (Å²) in [5.74, 6) is 0. The van der Waals surface area contributed by atoms with Crippen molar-refractivity contribution in [3.8, 4) is 0 Å². The molecule has 0 aliphatic heterocycles. The predicted molar refractivity (Wildman–Crippen MR) is 77.3 cm³/mol. The van der Waals surface area contributed by atoms with Crippen LogP contribution < -0.4 is 10.7 Å². The summed E-state index contributed by atoms with van der Waals surface area (Å²) in [5, 5.41) is 7.68. The van der Waals surface area contributed by atoms with Crippen molar-refractivity contribution < 1.29 is 0 Å². The van der Waals surface area contributed by atoms with Crippen LogP contribution in [0.25, 0.3) is 0 Å². The van der Waals surface area contributed by atoms with E-state index in [0.29, 0.717) is 11.7 Å². The highest BCUT2D eigenvalue weighted by atomic mass is 32.1. The van der Waals surface area contributed by atoms with Crippen LogP contribution in [0.2, 0.25) is 0 Å². The number of aryl methyl sites for hydroxylation is 1. The van der Waals surface area contributed by atoms with Gasteiger partial charge in [0.05, 0.1) is 5.71 Å². The van der Waals surface area contributed by atoms with Gasteiger partial charge in [0.1, 0.15) is 0 Å². The molecule has 4 heteroatoms. The van der Waals surface area contributed by atoms with Crippen LogP contribution in [-0.4, -0.2) is 17.4 Å². The fraction of sp³-hybridized carbons (Fsp3) is 0.231. The standard InChI is InChI=1S/C13H17N3S/c1-4-9-14-13(17)16-15-11(3)12-8-6-5-7-10(12)2/h4-8H,1,9H2,2-3H3,(H2,14,16,17). The fourth-order valence-corrected chi connectivity index (χ4v) is 1.51. The van der Waals surface area contributed by atoms with Gasteiger partial charge in [-0.15, -0.1) is 6.58 Å². The summed E-state index contributed by atoms with van der Waals surface area (Å²) in [7, 11) is 0.